The summed E-state index contributed by atoms with van der Waals surface area (Å²) < 4.78 is 43.3. The second kappa shape index (κ2) is 7.63. The number of rotatable bonds is 7. The Morgan fingerprint density at radius 2 is 1.67 bits per heavy atom. The van der Waals surface area contributed by atoms with Crippen LogP contribution >= 0.6 is 11.6 Å². The van der Waals surface area contributed by atoms with Gasteiger partial charge in [-0.2, -0.15) is 0 Å². The lowest BCUT2D eigenvalue weighted by molar-refractivity contribution is 0.340. The van der Waals surface area contributed by atoms with Gasteiger partial charge in [0.15, 0.2) is 0 Å². The summed E-state index contributed by atoms with van der Waals surface area (Å²) in [5.41, 5.74) is 0.398. The van der Waals surface area contributed by atoms with Crippen molar-refractivity contribution in [2.24, 2.45) is 0 Å². The van der Waals surface area contributed by atoms with Gasteiger partial charge in [-0.25, -0.2) is 8.42 Å². The van der Waals surface area contributed by atoms with E-state index in [1.54, 1.807) is 24.3 Å². The second-order valence-corrected chi connectivity index (χ2v) is 6.76. The Bertz CT molecular complexity index is 806. The van der Waals surface area contributed by atoms with Crippen molar-refractivity contribution in [2.45, 2.75) is 11.8 Å². The maximum absolute atomic E-state index is 12.7. The van der Waals surface area contributed by atoms with Gasteiger partial charge in [0, 0.05) is 17.8 Å². The van der Waals surface area contributed by atoms with Crippen molar-refractivity contribution >= 4 is 27.3 Å². The predicted molar refractivity (Wildman–Crippen MR) is 93.0 cm³/mol. The molecule has 130 valence electrons. The minimum Gasteiger partial charge on any atom is -0.495 e. The van der Waals surface area contributed by atoms with Gasteiger partial charge in [-0.15, -0.1) is 0 Å². The summed E-state index contributed by atoms with van der Waals surface area (Å²) in [6, 6.07) is 9.30. The molecule has 2 aromatic rings. The molecule has 0 fully saturated rings. The summed E-state index contributed by atoms with van der Waals surface area (Å²) in [7, 11) is -1.11. The molecule has 0 heterocycles. The quantitative estimate of drug-likeness (QED) is 0.805. The molecule has 0 saturated heterocycles. The molecule has 24 heavy (non-hydrogen) atoms. The molecular weight excluding hydrogens is 354 g/mol. The lowest BCUT2D eigenvalue weighted by Gasteiger charge is -2.14. The Kier molecular flexibility index (Phi) is 5.80. The molecule has 0 aliphatic heterocycles. The van der Waals surface area contributed by atoms with Gasteiger partial charge < -0.3 is 14.2 Å². The van der Waals surface area contributed by atoms with Gasteiger partial charge in [0.05, 0.1) is 25.8 Å². The third-order valence-corrected chi connectivity index (χ3v) is 4.84. The van der Waals surface area contributed by atoms with Crippen molar-refractivity contribution in [3.63, 3.8) is 0 Å². The third kappa shape index (κ3) is 4.04. The first kappa shape index (κ1) is 18.2. The van der Waals surface area contributed by atoms with Crippen molar-refractivity contribution in [3.05, 3.63) is 41.4 Å². The summed E-state index contributed by atoms with van der Waals surface area (Å²) in [6.07, 6.45) is 0. The van der Waals surface area contributed by atoms with Crippen LogP contribution in [0.1, 0.15) is 6.92 Å². The van der Waals surface area contributed by atoms with Crippen molar-refractivity contribution in [1.82, 2.24) is 0 Å². The van der Waals surface area contributed by atoms with Crippen molar-refractivity contribution in [1.29, 1.82) is 0 Å². The fraction of sp³-hybridized carbons (Fsp3) is 0.250. The molecule has 2 aromatic carbocycles. The van der Waals surface area contributed by atoms with Crippen LogP contribution in [0.25, 0.3) is 0 Å². The topological polar surface area (TPSA) is 73.9 Å². The van der Waals surface area contributed by atoms with E-state index in [1.165, 1.54) is 26.4 Å². The molecule has 8 heteroatoms. The Balaban J connectivity index is 2.36. The Morgan fingerprint density at radius 3 is 2.21 bits per heavy atom. The summed E-state index contributed by atoms with van der Waals surface area (Å²) in [4.78, 5) is -0.0693. The van der Waals surface area contributed by atoms with Crippen LogP contribution < -0.4 is 18.9 Å². The average Bonchev–Trinajstić information content (AvgIpc) is 2.56. The molecule has 6 nitrogen and oxygen atoms in total. The van der Waals surface area contributed by atoms with Gasteiger partial charge in [0.25, 0.3) is 10.0 Å². The predicted octanol–water partition coefficient (Wildman–Crippen LogP) is 3.56. The number of nitrogens with one attached hydrogen (secondary N) is 1. The van der Waals surface area contributed by atoms with E-state index in [9.17, 15) is 8.42 Å². The normalized spacial score (nSPS) is 11.0. The van der Waals surface area contributed by atoms with Crippen molar-refractivity contribution in [3.8, 4) is 17.2 Å². The number of methoxy groups -OCH3 is 2. The van der Waals surface area contributed by atoms with E-state index in [0.717, 1.165) is 0 Å². The number of halogens is 1. The van der Waals surface area contributed by atoms with Gasteiger partial charge in [-0.1, -0.05) is 11.6 Å². The van der Waals surface area contributed by atoms with Crippen LogP contribution in [-0.2, 0) is 10.0 Å². The number of ether oxygens (including phenoxy) is 3. The van der Waals surface area contributed by atoms with Crippen LogP contribution in [0.3, 0.4) is 0 Å². The highest BCUT2D eigenvalue weighted by Crippen LogP contribution is 2.35. The summed E-state index contributed by atoms with van der Waals surface area (Å²) in [6.45, 7) is 2.41. The molecule has 0 aliphatic carbocycles. The maximum Gasteiger partial charge on any atom is 0.265 e. The zero-order valence-electron chi connectivity index (χ0n) is 13.5. The van der Waals surface area contributed by atoms with E-state index in [2.05, 4.69) is 4.72 Å². The van der Waals surface area contributed by atoms with Crippen molar-refractivity contribution < 1.29 is 22.6 Å². The van der Waals surface area contributed by atoms with E-state index in [0.29, 0.717) is 18.0 Å². The van der Waals surface area contributed by atoms with Gasteiger partial charge in [-0.05, 0) is 31.2 Å². The summed E-state index contributed by atoms with van der Waals surface area (Å²) >= 11 is 6.00. The van der Waals surface area contributed by atoms with Crippen LogP contribution in [0.5, 0.6) is 17.2 Å². The number of hydrogen-bond donors (Lipinski definition) is 1. The largest absolute Gasteiger partial charge is 0.495 e. The van der Waals surface area contributed by atoms with Crippen LogP contribution in [0.15, 0.2) is 41.3 Å². The number of hydrogen-bond acceptors (Lipinski definition) is 5. The first-order valence-corrected chi connectivity index (χ1v) is 8.94. The van der Waals surface area contributed by atoms with Crippen LogP contribution in [0.4, 0.5) is 5.69 Å². The zero-order valence-corrected chi connectivity index (χ0v) is 15.1. The van der Waals surface area contributed by atoms with E-state index in [4.69, 9.17) is 25.8 Å². The van der Waals surface area contributed by atoms with Gasteiger partial charge in [0.1, 0.15) is 22.1 Å². The molecule has 0 saturated carbocycles. The molecule has 1 N–H and O–H groups in total. The minimum atomic E-state index is -3.89. The van der Waals surface area contributed by atoms with Gasteiger partial charge in [0.2, 0.25) is 0 Å². The highest BCUT2D eigenvalue weighted by Gasteiger charge is 2.22. The lowest BCUT2D eigenvalue weighted by atomic mass is 10.3. The zero-order chi connectivity index (χ0) is 17.7. The van der Waals surface area contributed by atoms with E-state index in [-0.39, 0.29) is 21.4 Å². The molecule has 0 unspecified atom stereocenters. The molecule has 0 atom stereocenters. The van der Waals surface area contributed by atoms with Crippen LogP contribution in [0, 0.1) is 0 Å². The van der Waals surface area contributed by atoms with E-state index in [1.807, 2.05) is 6.92 Å². The Labute approximate surface area is 146 Å². The summed E-state index contributed by atoms with van der Waals surface area (Å²) in [5, 5.41) is 0.259. The SMILES string of the molecule is CCOc1ccc(NS(=O)(=O)c2cc(OC)c(Cl)cc2OC)cc1. The molecule has 0 radical (unpaired) electrons. The first-order valence-electron chi connectivity index (χ1n) is 7.08. The highest BCUT2D eigenvalue weighted by molar-refractivity contribution is 7.92. The molecule has 0 aromatic heterocycles. The highest BCUT2D eigenvalue weighted by atomic mass is 35.5. The number of sulfonamides is 1. The van der Waals surface area contributed by atoms with Crippen LogP contribution in [0.2, 0.25) is 5.02 Å². The standard InChI is InChI=1S/C16H18ClNO5S/c1-4-23-12-7-5-11(6-8-12)18-24(19,20)16-10-14(21-2)13(17)9-15(16)22-3/h5-10,18H,4H2,1-3H3. The Hall–Kier alpha value is -2.12. The molecule has 0 bridgehead atoms. The molecule has 0 aliphatic rings. The second-order valence-electron chi connectivity index (χ2n) is 4.70. The van der Waals surface area contributed by atoms with E-state index < -0.39 is 10.0 Å². The lowest BCUT2D eigenvalue weighted by Crippen LogP contribution is -2.14. The monoisotopic (exact) mass is 371 g/mol. The smallest absolute Gasteiger partial charge is 0.265 e. The number of benzene rings is 2. The fourth-order valence-electron chi connectivity index (χ4n) is 2.04. The maximum atomic E-state index is 12.7. The van der Waals surface area contributed by atoms with Gasteiger partial charge in [-0.3, -0.25) is 4.72 Å². The van der Waals surface area contributed by atoms with Crippen molar-refractivity contribution in [2.75, 3.05) is 25.5 Å². The third-order valence-electron chi connectivity index (χ3n) is 3.15. The summed E-state index contributed by atoms with van der Waals surface area (Å²) in [5.74, 6) is 1.02. The fourth-order valence-corrected chi connectivity index (χ4v) is 3.49. The minimum absolute atomic E-state index is 0.0693. The average molecular weight is 372 g/mol. The molecule has 2 rings (SSSR count). The molecular formula is C16H18ClNO5S. The van der Waals surface area contributed by atoms with Gasteiger partial charge >= 0.3 is 0 Å². The molecule has 0 amide bonds. The molecule has 0 spiro atoms. The van der Waals surface area contributed by atoms with Crippen LogP contribution in [-0.4, -0.2) is 29.2 Å². The Morgan fingerprint density at radius 1 is 1.04 bits per heavy atom. The number of anilines is 1. The van der Waals surface area contributed by atoms with E-state index >= 15 is 0 Å². The first-order chi connectivity index (χ1) is 11.4.